The summed E-state index contributed by atoms with van der Waals surface area (Å²) < 4.78 is 6.78. The molecule has 9 heteroatoms. The predicted molar refractivity (Wildman–Crippen MR) is 139 cm³/mol. The van der Waals surface area contributed by atoms with Gasteiger partial charge in [-0.15, -0.1) is 0 Å². The summed E-state index contributed by atoms with van der Waals surface area (Å²) in [6.45, 7) is 6.94. The Labute approximate surface area is 216 Å². The van der Waals surface area contributed by atoms with E-state index in [0.717, 1.165) is 22.4 Å². The van der Waals surface area contributed by atoms with E-state index in [1.807, 2.05) is 62.4 Å². The molecule has 1 aliphatic rings. The van der Waals surface area contributed by atoms with Crippen LogP contribution in [0.3, 0.4) is 0 Å². The number of rotatable bonds is 9. The number of amides is 3. The van der Waals surface area contributed by atoms with E-state index in [9.17, 15) is 14.4 Å². The SMILES string of the molecule is CCCN1C(=O)c2c(C(=O)NCc3ccc(OC)cc3)ncn2CC1(C)C(=O)NCc1ccc(C)cc1. The average Bonchev–Trinajstić information content (AvgIpc) is 3.33. The van der Waals surface area contributed by atoms with Crippen molar-refractivity contribution in [1.29, 1.82) is 0 Å². The van der Waals surface area contributed by atoms with Crippen molar-refractivity contribution < 1.29 is 19.1 Å². The Hall–Kier alpha value is -4.14. The van der Waals surface area contributed by atoms with Crippen LogP contribution >= 0.6 is 0 Å². The third-order valence-electron chi connectivity index (χ3n) is 6.70. The van der Waals surface area contributed by atoms with Gasteiger partial charge in [0.05, 0.1) is 20.0 Å². The van der Waals surface area contributed by atoms with Crippen LogP contribution in [0.2, 0.25) is 0 Å². The van der Waals surface area contributed by atoms with Crippen molar-refractivity contribution in [3.8, 4) is 5.75 Å². The van der Waals surface area contributed by atoms with Gasteiger partial charge < -0.3 is 24.8 Å². The van der Waals surface area contributed by atoms with Crippen LogP contribution < -0.4 is 15.4 Å². The van der Waals surface area contributed by atoms with Crippen molar-refractivity contribution in [2.45, 2.75) is 52.4 Å². The molecule has 2 aromatic carbocycles. The highest BCUT2D eigenvalue weighted by molar-refractivity contribution is 6.07. The fraction of sp³-hybridized carbons (Fsp3) is 0.357. The Kier molecular flexibility index (Phi) is 7.61. The predicted octanol–water partition coefficient (Wildman–Crippen LogP) is 3.07. The molecule has 0 saturated heterocycles. The number of carbonyl (C=O) groups excluding carboxylic acids is 3. The summed E-state index contributed by atoms with van der Waals surface area (Å²) in [5, 5.41) is 5.83. The van der Waals surface area contributed by atoms with Crippen LogP contribution in [0.4, 0.5) is 0 Å². The Balaban J connectivity index is 1.51. The highest BCUT2D eigenvalue weighted by Gasteiger charge is 2.48. The molecule has 0 radical (unpaired) electrons. The van der Waals surface area contributed by atoms with E-state index < -0.39 is 11.4 Å². The molecule has 2 N–H and O–H groups in total. The largest absolute Gasteiger partial charge is 0.497 e. The minimum absolute atomic E-state index is 0.0572. The van der Waals surface area contributed by atoms with Crippen LogP contribution in [-0.4, -0.2) is 51.4 Å². The number of aromatic nitrogens is 2. The van der Waals surface area contributed by atoms with Crippen LogP contribution in [0.5, 0.6) is 5.75 Å². The van der Waals surface area contributed by atoms with Gasteiger partial charge in [0.2, 0.25) is 5.91 Å². The summed E-state index contributed by atoms with van der Waals surface area (Å²) in [7, 11) is 1.59. The van der Waals surface area contributed by atoms with Crippen LogP contribution in [0, 0.1) is 6.92 Å². The smallest absolute Gasteiger partial charge is 0.273 e. The zero-order chi connectivity index (χ0) is 26.6. The van der Waals surface area contributed by atoms with Crippen LogP contribution in [-0.2, 0) is 24.4 Å². The van der Waals surface area contributed by atoms with Crippen LogP contribution in [0.1, 0.15) is 57.9 Å². The van der Waals surface area contributed by atoms with Gasteiger partial charge in [0, 0.05) is 19.6 Å². The zero-order valence-electron chi connectivity index (χ0n) is 21.7. The standard InChI is InChI=1S/C28H33N5O4/c1-5-14-33-26(35)24-23(25(34)29-15-21-10-12-22(37-4)13-11-21)31-18-32(24)17-28(33,3)27(36)30-16-20-8-6-19(2)7-9-20/h6-13,18H,5,14-17H2,1-4H3,(H,29,34)(H,30,36). The molecule has 1 atom stereocenters. The first-order chi connectivity index (χ1) is 17.8. The topological polar surface area (TPSA) is 106 Å². The number of ether oxygens (including phenoxy) is 1. The first-order valence-electron chi connectivity index (χ1n) is 12.4. The fourth-order valence-electron chi connectivity index (χ4n) is 4.52. The van der Waals surface area contributed by atoms with Gasteiger partial charge in [-0.2, -0.15) is 0 Å². The number of fused-ring (bicyclic) bond motifs is 1. The highest BCUT2D eigenvalue weighted by Crippen LogP contribution is 2.29. The molecule has 1 aromatic heterocycles. The summed E-state index contributed by atoms with van der Waals surface area (Å²) in [6, 6.07) is 15.3. The molecule has 37 heavy (non-hydrogen) atoms. The number of imidazole rings is 1. The lowest BCUT2D eigenvalue weighted by molar-refractivity contribution is -0.133. The number of hydrogen-bond donors (Lipinski definition) is 2. The van der Waals surface area contributed by atoms with Crippen molar-refractivity contribution in [3.05, 3.63) is 82.9 Å². The van der Waals surface area contributed by atoms with E-state index in [0.29, 0.717) is 19.5 Å². The van der Waals surface area contributed by atoms with Crippen LogP contribution in [0.25, 0.3) is 0 Å². The van der Waals surface area contributed by atoms with E-state index in [-0.39, 0.29) is 36.3 Å². The molecule has 3 amide bonds. The maximum Gasteiger partial charge on any atom is 0.273 e. The van der Waals surface area contributed by atoms with Crippen molar-refractivity contribution >= 4 is 17.7 Å². The quantitative estimate of drug-likeness (QED) is 0.467. The van der Waals surface area contributed by atoms with Gasteiger partial charge in [-0.1, -0.05) is 48.9 Å². The maximum absolute atomic E-state index is 13.7. The lowest BCUT2D eigenvalue weighted by Gasteiger charge is -2.43. The Morgan fingerprint density at radius 2 is 1.65 bits per heavy atom. The Bertz CT molecular complexity index is 1280. The van der Waals surface area contributed by atoms with Gasteiger partial charge in [0.15, 0.2) is 5.69 Å². The number of benzene rings is 2. The molecule has 1 aliphatic heterocycles. The van der Waals surface area contributed by atoms with Crippen molar-refractivity contribution in [2.24, 2.45) is 0 Å². The Morgan fingerprint density at radius 3 is 2.27 bits per heavy atom. The van der Waals surface area contributed by atoms with Crippen molar-refractivity contribution in [2.75, 3.05) is 13.7 Å². The molecule has 0 saturated carbocycles. The number of aryl methyl sites for hydroxylation is 1. The third kappa shape index (κ3) is 5.35. The average molecular weight is 504 g/mol. The van der Waals surface area contributed by atoms with Crippen LogP contribution in [0.15, 0.2) is 54.9 Å². The second-order valence-corrected chi connectivity index (χ2v) is 9.50. The minimum Gasteiger partial charge on any atom is -0.497 e. The molecule has 1 unspecified atom stereocenters. The summed E-state index contributed by atoms with van der Waals surface area (Å²) in [5.41, 5.74) is 2.14. The Morgan fingerprint density at radius 1 is 1.03 bits per heavy atom. The maximum atomic E-state index is 13.7. The summed E-state index contributed by atoms with van der Waals surface area (Å²) in [5.74, 6) is -0.347. The van der Waals surface area contributed by atoms with Gasteiger partial charge in [-0.3, -0.25) is 14.4 Å². The first kappa shape index (κ1) is 25.9. The molecule has 0 aliphatic carbocycles. The van der Waals surface area contributed by atoms with Crippen molar-refractivity contribution in [1.82, 2.24) is 25.1 Å². The second kappa shape index (κ2) is 10.9. The van der Waals surface area contributed by atoms with Gasteiger partial charge in [0.25, 0.3) is 11.8 Å². The van der Waals surface area contributed by atoms with Gasteiger partial charge in [-0.05, 0) is 43.5 Å². The number of carbonyl (C=O) groups is 3. The normalized spacial score (nSPS) is 16.8. The molecule has 2 heterocycles. The third-order valence-corrected chi connectivity index (χ3v) is 6.70. The van der Waals surface area contributed by atoms with Gasteiger partial charge >= 0.3 is 0 Å². The lowest BCUT2D eigenvalue weighted by atomic mass is 9.93. The molecule has 0 spiro atoms. The van der Waals surface area contributed by atoms with E-state index in [1.54, 1.807) is 23.5 Å². The van der Waals surface area contributed by atoms with Gasteiger partial charge in [-0.25, -0.2) is 4.98 Å². The minimum atomic E-state index is -1.12. The monoisotopic (exact) mass is 503 g/mol. The lowest BCUT2D eigenvalue weighted by Crippen LogP contribution is -2.64. The first-order valence-corrected chi connectivity index (χ1v) is 12.4. The molecule has 194 valence electrons. The molecular formula is C28H33N5O4. The van der Waals surface area contributed by atoms with Gasteiger partial charge in [0.1, 0.15) is 17.0 Å². The van der Waals surface area contributed by atoms with E-state index in [2.05, 4.69) is 15.6 Å². The summed E-state index contributed by atoms with van der Waals surface area (Å²) in [4.78, 5) is 45.9. The molecule has 3 aromatic rings. The molecular weight excluding hydrogens is 470 g/mol. The highest BCUT2D eigenvalue weighted by atomic mass is 16.5. The molecule has 4 rings (SSSR count). The molecule has 0 fully saturated rings. The van der Waals surface area contributed by atoms with E-state index >= 15 is 0 Å². The summed E-state index contributed by atoms with van der Waals surface area (Å²) in [6.07, 6.45) is 2.13. The number of nitrogens with one attached hydrogen (secondary N) is 2. The molecule has 0 bridgehead atoms. The zero-order valence-corrected chi connectivity index (χ0v) is 21.7. The van der Waals surface area contributed by atoms with Crippen molar-refractivity contribution in [3.63, 3.8) is 0 Å². The fourth-order valence-corrected chi connectivity index (χ4v) is 4.52. The number of hydrogen-bond acceptors (Lipinski definition) is 5. The van der Waals surface area contributed by atoms with E-state index in [1.165, 1.54) is 6.33 Å². The molecule has 9 nitrogen and oxygen atoms in total. The van der Waals surface area contributed by atoms with E-state index in [4.69, 9.17) is 4.74 Å². The number of nitrogens with zero attached hydrogens (tertiary/aromatic N) is 3. The second-order valence-electron chi connectivity index (χ2n) is 9.50. The number of methoxy groups -OCH3 is 1. The summed E-state index contributed by atoms with van der Waals surface area (Å²) >= 11 is 0.